The number of likely N-dealkylation sites (N-methyl/N-ethyl adjacent to an activating group) is 1. The molecule has 1 aromatic heterocycles. The number of nitrogens with one attached hydrogen (secondary N) is 2. The molecule has 28 heavy (non-hydrogen) atoms. The molecule has 0 atom stereocenters. The number of para-hydroxylation sites is 1. The molecule has 3 rings (SSSR count). The van der Waals surface area contributed by atoms with Gasteiger partial charge in [0.1, 0.15) is 5.56 Å². The number of aromatic amines is 1. The summed E-state index contributed by atoms with van der Waals surface area (Å²) in [5.41, 5.74) is 0.605. The molecule has 150 valence electrons. The lowest BCUT2D eigenvalue weighted by molar-refractivity contribution is 0.0949. The van der Waals surface area contributed by atoms with Gasteiger partial charge in [0, 0.05) is 45.5 Å². The Morgan fingerprint density at radius 1 is 1.21 bits per heavy atom. The second-order valence-corrected chi connectivity index (χ2v) is 7.34. The minimum atomic E-state index is -0.430. The van der Waals surface area contributed by atoms with Gasteiger partial charge >= 0.3 is 0 Å². The summed E-state index contributed by atoms with van der Waals surface area (Å²) in [5, 5.41) is 3.45. The van der Waals surface area contributed by atoms with Crippen molar-refractivity contribution in [3.8, 4) is 0 Å². The normalized spacial score (nSPS) is 14.4. The van der Waals surface area contributed by atoms with E-state index in [1.54, 1.807) is 0 Å². The molecular weight excluding hydrogens is 380 g/mol. The third kappa shape index (κ3) is 4.82. The number of nitrogens with zero attached hydrogens (tertiary/aromatic N) is 4. The average molecular weight is 405 g/mol. The third-order valence-electron chi connectivity index (χ3n) is 4.65. The Morgan fingerprint density at radius 2 is 1.89 bits per heavy atom. The first-order chi connectivity index (χ1) is 13.5. The van der Waals surface area contributed by atoms with Crippen LogP contribution in [-0.2, 0) is 0 Å². The van der Waals surface area contributed by atoms with Gasteiger partial charge in [-0.15, -0.1) is 0 Å². The maximum absolute atomic E-state index is 12.3. The van der Waals surface area contributed by atoms with Gasteiger partial charge in [-0.05, 0) is 26.2 Å². The highest BCUT2D eigenvalue weighted by molar-refractivity contribution is 6.33. The summed E-state index contributed by atoms with van der Waals surface area (Å²) in [6, 6.07) is 7.76. The zero-order valence-corrected chi connectivity index (χ0v) is 16.9. The van der Waals surface area contributed by atoms with E-state index in [1.807, 2.05) is 48.2 Å². The number of rotatable bonds is 6. The molecule has 2 N–H and O–H groups in total. The van der Waals surface area contributed by atoms with Gasteiger partial charge in [0.15, 0.2) is 0 Å². The fraction of sp³-hybridized carbons (Fsp3) is 0.421. The number of hydrogen-bond donors (Lipinski definition) is 2. The van der Waals surface area contributed by atoms with Crippen molar-refractivity contribution in [1.82, 2.24) is 20.2 Å². The van der Waals surface area contributed by atoms with Gasteiger partial charge in [0.25, 0.3) is 11.5 Å². The number of aromatic nitrogens is 2. The monoisotopic (exact) mass is 404 g/mol. The molecule has 0 aliphatic carbocycles. The van der Waals surface area contributed by atoms with E-state index in [4.69, 9.17) is 11.6 Å². The third-order valence-corrected chi connectivity index (χ3v) is 4.97. The first-order valence-electron chi connectivity index (χ1n) is 9.22. The van der Waals surface area contributed by atoms with Crippen molar-refractivity contribution in [3.63, 3.8) is 0 Å². The Labute approximate surface area is 169 Å². The maximum atomic E-state index is 12.3. The molecule has 1 fully saturated rings. The number of carbonyl (C=O) groups is 1. The lowest BCUT2D eigenvalue weighted by Crippen LogP contribution is -2.47. The fourth-order valence-electron chi connectivity index (χ4n) is 3.06. The van der Waals surface area contributed by atoms with Crippen LogP contribution in [0.2, 0.25) is 5.02 Å². The fourth-order valence-corrected chi connectivity index (χ4v) is 3.32. The van der Waals surface area contributed by atoms with Crippen LogP contribution in [0.25, 0.3) is 0 Å². The zero-order valence-electron chi connectivity index (χ0n) is 16.1. The lowest BCUT2D eigenvalue weighted by atomic mass is 10.2. The van der Waals surface area contributed by atoms with Crippen molar-refractivity contribution < 1.29 is 4.79 Å². The summed E-state index contributed by atoms with van der Waals surface area (Å²) in [6.07, 6.45) is 1.35. The van der Waals surface area contributed by atoms with Crippen molar-refractivity contribution in [3.05, 3.63) is 51.4 Å². The van der Waals surface area contributed by atoms with E-state index < -0.39 is 11.5 Å². The van der Waals surface area contributed by atoms with Gasteiger partial charge in [0.05, 0.1) is 10.7 Å². The maximum Gasteiger partial charge on any atom is 0.265 e. The van der Waals surface area contributed by atoms with Gasteiger partial charge in [0.2, 0.25) is 5.95 Å². The number of benzene rings is 1. The molecule has 2 aromatic rings. The molecule has 8 nitrogen and oxygen atoms in total. The molecule has 2 heterocycles. The largest absolute Gasteiger partial charge is 0.367 e. The van der Waals surface area contributed by atoms with Crippen LogP contribution in [0.4, 0.5) is 11.6 Å². The average Bonchev–Trinajstić information content (AvgIpc) is 2.68. The number of piperazine rings is 1. The Hall–Kier alpha value is -2.58. The van der Waals surface area contributed by atoms with E-state index in [1.165, 1.54) is 6.20 Å². The summed E-state index contributed by atoms with van der Waals surface area (Å²) in [4.78, 5) is 37.7. The summed E-state index contributed by atoms with van der Waals surface area (Å²) in [7, 11) is 3.83. The Bertz CT molecular complexity index is 877. The predicted molar refractivity (Wildman–Crippen MR) is 112 cm³/mol. The second-order valence-electron chi connectivity index (χ2n) is 6.93. The molecule has 0 saturated carbocycles. The number of hydrogen-bond acceptors (Lipinski definition) is 6. The van der Waals surface area contributed by atoms with Gasteiger partial charge in [-0.25, -0.2) is 4.98 Å². The quantitative estimate of drug-likeness (QED) is 0.748. The number of amides is 1. The van der Waals surface area contributed by atoms with E-state index in [2.05, 4.69) is 20.2 Å². The molecule has 0 unspecified atom stereocenters. The Balaban J connectivity index is 1.61. The summed E-state index contributed by atoms with van der Waals surface area (Å²) in [6.45, 7) is 4.09. The zero-order chi connectivity index (χ0) is 20.1. The summed E-state index contributed by atoms with van der Waals surface area (Å²) in [5.74, 6) is 0.0688. The SMILES string of the molecule is CN(C)CCNC(=O)c1cnc(N2CCN(c3ccccc3Cl)CC2)[nH]c1=O. The summed E-state index contributed by atoms with van der Waals surface area (Å²) < 4.78 is 0. The topological polar surface area (TPSA) is 84.6 Å². The highest BCUT2D eigenvalue weighted by Crippen LogP contribution is 2.26. The van der Waals surface area contributed by atoms with Gasteiger partial charge < -0.3 is 20.0 Å². The van der Waals surface area contributed by atoms with Crippen LogP contribution in [0, 0.1) is 0 Å². The van der Waals surface area contributed by atoms with E-state index in [9.17, 15) is 9.59 Å². The van der Waals surface area contributed by atoms with Crippen LogP contribution in [0.15, 0.2) is 35.3 Å². The van der Waals surface area contributed by atoms with Crippen molar-refractivity contribution in [2.75, 3.05) is 63.2 Å². The van der Waals surface area contributed by atoms with Crippen LogP contribution in [0.5, 0.6) is 0 Å². The highest BCUT2D eigenvalue weighted by atomic mass is 35.5. The second kappa shape index (κ2) is 9.07. The molecule has 1 aliphatic rings. The smallest absolute Gasteiger partial charge is 0.265 e. The molecule has 1 aromatic carbocycles. The molecule has 0 spiro atoms. The Morgan fingerprint density at radius 3 is 2.54 bits per heavy atom. The highest BCUT2D eigenvalue weighted by Gasteiger charge is 2.21. The first kappa shape index (κ1) is 20.2. The Kier molecular flexibility index (Phi) is 6.53. The number of anilines is 2. The molecule has 1 saturated heterocycles. The molecule has 0 radical (unpaired) electrons. The molecule has 0 bridgehead atoms. The summed E-state index contributed by atoms with van der Waals surface area (Å²) >= 11 is 6.28. The van der Waals surface area contributed by atoms with Crippen LogP contribution < -0.4 is 20.7 Å². The van der Waals surface area contributed by atoms with E-state index in [0.717, 1.165) is 23.8 Å². The van der Waals surface area contributed by atoms with Crippen LogP contribution in [0.3, 0.4) is 0 Å². The van der Waals surface area contributed by atoms with Crippen molar-refractivity contribution >= 4 is 29.1 Å². The van der Waals surface area contributed by atoms with Crippen molar-refractivity contribution in [1.29, 1.82) is 0 Å². The minimum absolute atomic E-state index is 0.0252. The van der Waals surface area contributed by atoms with Crippen molar-refractivity contribution in [2.45, 2.75) is 0 Å². The number of H-pyrrole nitrogens is 1. The standard InChI is InChI=1S/C19H25ClN6O2/c1-24(2)8-7-21-17(27)14-13-22-19(23-18(14)28)26-11-9-25(10-12-26)16-6-4-3-5-15(16)20/h3-6,13H,7-12H2,1-2H3,(H,21,27)(H,22,23,28). The predicted octanol–water partition coefficient (Wildman–Crippen LogP) is 1.04. The lowest BCUT2D eigenvalue weighted by Gasteiger charge is -2.36. The van der Waals surface area contributed by atoms with Gasteiger partial charge in [-0.3, -0.25) is 14.6 Å². The first-order valence-corrected chi connectivity index (χ1v) is 9.60. The van der Waals surface area contributed by atoms with Crippen LogP contribution >= 0.6 is 11.6 Å². The molecular formula is C19H25ClN6O2. The minimum Gasteiger partial charge on any atom is -0.367 e. The van der Waals surface area contributed by atoms with E-state index >= 15 is 0 Å². The molecule has 9 heteroatoms. The number of halogens is 1. The van der Waals surface area contributed by atoms with Crippen molar-refractivity contribution in [2.24, 2.45) is 0 Å². The van der Waals surface area contributed by atoms with Gasteiger partial charge in [-0.1, -0.05) is 23.7 Å². The van der Waals surface area contributed by atoms with E-state index in [-0.39, 0.29) is 5.56 Å². The van der Waals surface area contributed by atoms with Crippen LogP contribution in [0.1, 0.15) is 10.4 Å². The molecule has 1 amide bonds. The van der Waals surface area contributed by atoms with E-state index in [0.29, 0.717) is 32.1 Å². The molecule has 1 aliphatic heterocycles. The number of carbonyl (C=O) groups excluding carboxylic acids is 1. The van der Waals surface area contributed by atoms with Crippen LogP contribution in [-0.4, -0.2) is 74.1 Å². The van der Waals surface area contributed by atoms with Gasteiger partial charge in [-0.2, -0.15) is 0 Å².